The first-order valence-electron chi connectivity index (χ1n) is 42.9. The van der Waals surface area contributed by atoms with Gasteiger partial charge in [-0.3, -0.25) is 0 Å². The van der Waals surface area contributed by atoms with Crippen molar-refractivity contribution in [3.05, 3.63) is 382 Å². The molecule has 114 heavy (non-hydrogen) atoms. The summed E-state index contributed by atoms with van der Waals surface area (Å²) in [6.07, 6.45) is 11.2. The smallest absolute Gasteiger partial charge is 0.240 e. The monoisotopic (exact) mass is 1500 g/mol. The van der Waals surface area contributed by atoms with Crippen LogP contribution < -0.4 is 22.8 Å². The van der Waals surface area contributed by atoms with Crippen LogP contribution in [0.5, 0.6) is 0 Å². The zero-order valence-corrected chi connectivity index (χ0v) is 68.4. The largest absolute Gasteiger partial charge is 0.312 e. The second-order valence-corrected chi connectivity index (χ2v) is 30.5. The van der Waals surface area contributed by atoms with E-state index in [9.17, 15) is 0 Å². The number of nitrogens with zero attached hydrogens (tertiary/aromatic N) is 5. The Morgan fingerprint density at radius 2 is 0.430 bits per heavy atom. The summed E-state index contributed by atoms with van der Waals surface area (Å²) in [4.78, 5) is 8.03. The number of para-hydroxylation sites is 5. The third kappa shape index (κ3) is 17.1. The molecule has 16 aromatic rings. The van der Waals surface area contributed by atoms with Gasteiger partial charge >= 0.3 is 7.06 Å². The van der Waals surface area contributed by atoms with Gasteiger partial charge in [0.1, 0.15) is 74.0 Å². The molecule has 2 fully saturated rings. The second-order valence-electron chi connectivity index (χ2n) is 30.5. The van der Waals surface area contributed by atoms with E-state index in [0.717, 1.165) is 114 Å². The first kappa shape index (κ1) is 71.8. The predicted molar refractivity (Wildman–Crippen MR) is 468 cm³/mol. The molecule has 2 aliphatic carbocycles. The highest BCUT2D eigenvalue weighted by Crippen LogP contribution is 2.38. The van der Waals surface area contributed by atoms with E-state index in [1.165, 1.54) is 130 Å². The highest BCUT2D eigenvalue weighted by atomic mass is 15.1. The topological polar surface area (TPSA) is 98.3 Å². The summed E-state index contributed by atoms with van der Waals surface area (Å²) in [6.45, 7) is 25.2. The van der Waals surface area contributed by atoms with E-state index in [4.69, 9.17) is 7.06 Å². The lowest BCUT2D eigenvalue weighted by atomic mass is 9.86. The molecular formula is C104H111N10+5. The number of imidazole rings is 5. The van der Waals surface area contributed by atoms with Crippen LogP contribution in [0, 0.1) is 83.1 Å². The summed E-state index contributed by atoms with van der Waals surface area (Å²) < 4.78 is 54.8. The van der Waals surface area contributed by atoms with Crippen molar-refractivity contribution in [2.24, 2.45) is 0 Å². The fraction of sp³-hybridized carbons (Fsp3) is 0.221. The normalized spacial score (nSPS) is 13.3. The Labute approximate surface area is 682 Å². The molecule has 572 valence electrons. The standard InChI is InChI=1S/C23H26N2.C23H20N2.C22H24N2.2C18H18N2/c2*1-17-11-9-10-16-21(17)25-18(2)22(19-12-5-3-6-13-19)24-23(25)20-14-7-4-8-15-20;1-16-10-6-9-15-20(16)24-17(2)21(18-11-7-8-12-18)23-22(24)19-13-4-3-5-14-19;2*1-13-9-7-8-12-17(13)20-15(3)14(2)19-18(20)16-10-5-4-6-11-16/h4,7-11,14-16,19H,3,5-6,12-13H2,1-2H3;3-16H,1-2H3;3-6,9-10,13-15,18H,7-8,11-12H2,1-2H3;2*4-12H,1-3H3/p+5/i/hD5. The van der Waals surface area contributed by atoms with Crippen molar-refractivity contribution in [1.82, 2.24) is 24.9 Å². The minimum atomic E-state index is 0.494. The molecule has 10 heteroatoms. The molecule has 2 saturated carbocycles. The van der Waals surface area contributed by atoms with Crippen LogP contribution in [0.25, 0.3) is 96.6 Å². The number of hydrogen-bond acceptors (Lipinski definition) is 0. The van der Waals surface area contributed by atoms with Crippen LogP contribution in [0.15, 0.2) is 303 Å². The minimum Gasteiger partial charge on any atom is -0.240 e. The molecular weight excluding hydrogens is 1390 g/mol. The quantitative estimate of drug-likeness (QED) is 0.0711. The molecule has 5 aromatic heterocycles. The van der Waals surface area contributed by atoms with Gasteiger partial charge in [-0.25, -0.2) is 24.9 Å². The van der Waals surface area contributed by atoms with E-state index in [1.54, 1.807) is 14.9 Å². The van der Waals surface area contributed by atoms with Gasteiger partial charge in [0.05, 0.1) is 27.8 Å². The van der Waals surface area contributed by atoms with Crippen LogP contribution in [0.1, 0.15) is 149 Å². The molecule has 0 amide bonds. The Morgan fingerprint density at radius 1 is 0.219 bits per heavy atom. The molecule has 10 nitrogen and oxygen atoms in total. The van der Waals surface area contributed by atoms with Gasteiger partial charge in [-0.05, 0) is 179 Å². The highest BCUT2D eigenvalue weighted by molar-refractivity contribution is 5.66. The van der Waals surface area contributed by atoms with Crippen molar-refractivity contribution < 1.29 is 29.9 Å². The molecule has 0 bridgehead atoms. The Kier molecular flexibility index (Phi) is 22.9. The van der Waals surface area contributed by atoms with Crippen molar-refractivity contribution in [2.75, 3.05) is 0 Å². The number of H-pyrrole nitrogens is 5. The summed E-state index contributed by atoms with van der Waals surface area (Å²) in [5.74, 6) is 5.54. The van der Waals surface area contributed by atoms with Crippen molar-refractivity contribution in [2.45, 2.75) is 153 Å². The minimum absolute atomic E-state index is 0.494. The van der Waals surface area contributed by atoms with Crippen molar-refractivity contribution in [3.63, 3.8) is 0 Å². The number of hydrogen-bond donors (Lipinski definition) is 5. The molecule has 11 aromatic carbocycles. The Hall–Kier alpha value is -12.5. The Bertz CT molecular complexity index is 6030. The number of nitrogens with one attached hydrogen (secondary N) is 5. The molecule has 0 unspecified atom stereocenters. The molecule has 0 radical (unpaired) electrons. The van der Waals surface area contributed by atoms with E-state index in [2.05, 4.69) is 250 Å². The van der Waals surface area contributed by atoms with Crippen molar-refractivity contribution in [1.29, 1.82) is 0 Å². The first-order chi connectivity index (χ1) is 57.8. The average Bonchev–Trinajstić information content (AvgIpc) is 1.62. The molecule has 0 aliphatic heterocycles. The Morgan fingerprint density at radius 3 is 0.702 bits per heavy atom. The van der Waals surface area contributed by atoms with E-state index in [1.807, 2.05) is 159 Å². The van der Waals surface area contributed by atoms with Gasteiger partial charge < -0.3 is 0 Å². The van der Waals surface area contributed by atoms with E-state index < -0.39 is 0 Å². The van der Waals surface area contributed by atoms with Crippen molar-refractivity contribution in [3.8, 4) is 96.6 Å². The zero-order valence-electron chi connectivity index (χ0n) is 73.4. The lowest BCUT2D eigenvalue weighted by molar-refractivity contribution is -0.590. The van der Waals surface area contributed by atoms with Crippen LogP contribution in [-0.4, -0.2) is 24.9 Å². The maximum Gasteiger partial charge on any atom is 0.312 e. The van der Waals surface area contributed by atoms with Gasteiger partial charge in [-0.2, -0.15) is 22.8 Å². The van der Waals surface area contributed by atoms with Gasteiger partial charge in [-0.15, -0.1) is 0 Å². The number of aryl methyl sites for hydroxylation is 5. The third-order valence-corrected chi connectivity index (χ3v) is 22.8. The van der Waals surface area contributed by atoms with Gasteiger partial charge in [0.25, 0.3) is 29.1 Å². The first-order valence-corrected chi connectivity index (χ1v) is 40.7. The summed E-state index contributed by atoms with van der Waals surface area (Å²) in [5.41, 5.74) is 29.0. The Balaban J connectivity index is 0.000000122. The predicted octanol–water partition coefficient (Wildman–Crippen LogP) is 23.9. The number of benzene rings is 11. The molecule has 5 heterocycles. The van der Waals surface area contributed by atoms with E-state index >= 15 is 0 Å². The molecule has 18 rings (SSSR count). The van der Waals surface area contributed by atoms with Crippen LogP contribution in [0.4, 0.5) is 0 Å². The number of rotatable bonds is 13. The average molecular weight is 1510 g/mol. The van der Waals surface area contributed by atoms with Crippen LogP contribution in [0.2, 0.25) is 7.06 Å². The van der Waals surface area contributed by atoms with Gasteiger partial charge in [0.2, 0.25) is 0 Å². The number of aromatic amines is 5. The van der Waals surface area contributed by atoms with Crippen LogP contribution in [0.3, 0.4) is 0 Å². The lowest BCUT2D eigenvalue weighted by Crippen LogP contribution is -2.35. The lowest BCUT2D eigenvalue weighted by Gasteiger charge is -2.18. The molecule has 2 aliphatic rings. The van der Waals surface area contributed by atoms with Crippen LogP contribution >= 0.6 is 0 Å². The summed E-state index contributed by atoms with van der Waals surface area (Å²) >= 11 is 0. The summed E-state index contributed by atoms with van der Waals surface area (Å²) in [7, 11) is 0. The van der Waals surface area contributed by atoms with Crippen molar-refractivity contribution >= 4 is 0 Å². The zero-order chi connectivity index (χ0) is 83.5. The second kappa shape index (κ2) is 36.3. The highest BCUT2D eigenvalue weighted by Gasteiger charge is 2.34. The fourth-order valence-electron chi connectivity index (χ4n) is 16.4. The van der Waals surface area contributed by atoms with Gasteiger partial charge in [0.15, 0.2) is 11.4 Å². The summed E-state index contributed by atoms with van der Waals surface area (Å²) in [5, 5.41) is 0. The molecule has 5 N–H and O–H groups in total. The molecule has 0 atom stereocenters. The molecule has 0 saturated heterocycles. The molecule has 0 spiro atoms. The third-order valence-electron chi connectivity index (χ3n) is 22.8. The maximum absolute atomic E-state index is 9.00. The van der Waals surface area contributed by atoms with E-state index in [-0.39, 0.29) is 0 Å². The summed E-state index contributed by atoms with van der Waals surface area (Å²) in [6, 6.07) is 103. The van der Waals surface area contributed by atoms with E-state index in [0.29, 0.717) is 11.8 Å². The van der Waals surface area contributed by atoms with Crippen LogP contribution in [-0.2, 0) is 0 Å². The van der Waals surface area contributed by atoms with Gasteiger partial charge in [0, 0.05) is 65.9 Å². The maximum atomic E-state index is 9.00. The fourth-order valence-corrected chi connectivity index (χ4v) is 16.4. The SMILES string of the molecule is [2H]n1c(-c2ccccc2)c(C)[n+](-c2ccccc2C)c1-c1ccccc1.[2H]n1c(C)c(C)[n+](-c2ccccc2C)c1-c1ccccc1.[2H]n1c(C)c(C)[n+](-c2ccccc2C)c1-c1ccccc1.[2H]n1c(C2CCCC2)c(C)[n+](-c2ccccc2C)c1-c1ccccc1.[2H]n1c(C2CCCCC2)c(C)[n+](-c2ccccc2C)c1-c1ccccc1. The number of aromatic nitrogens is 10. The van der Waals surface area contributed by atoms with Gasteiger partial charge in [-0.1, -0.05) is 244 Å².